The van der Waals surface area contributed by atoms with E-state index in [4.69, 9.17) is 7.85 Å². The van der Waals surface area contributed by atoms with Gasteiger partial charge in [-0.3, -0.25) is 0 Å². The topological polar surface area (TPSA) is 6.48 Å². The van der Waals surface area contributed by atoms with Gasteiger partial charge in [-0.1, -0.05) is 118 Å². The summed E-state index contributed by atoms with van der Waals surface area (Å²) in [5.41, 5.74) is 7.18. The zero-order valence-corrected chi connectivity index (χ0v) is 37.2. The predicted octanol–water partition coefficient (Wildman–Crippen LogP) is 11.0. The number of hydrogen-bond donors (Lipinski definition) is 0. The van der Waals surface area contributed by atoms with E-state index >= 15 is 0 Å². The van der Waals surface area contributed by atoms with Crippen LogP contribution in [-0.2, 0) is 34.7 Å². The maximum absolute atomic E-state index is 5.04. The molecule has 258 valence electrons. The quantitative estimate of drug-likeness (QED) is 0.140. The van der Waals surface area contributed by atoms with Gasteiger partial charge < -0.3 is 9.80 Å². The molecule has 0 amide bonds. The predicted molar refractivity (Wildman–Crippen MR) is 221 cm³/mol. The molecule has 0 fully saturated rings. The Labute approximate surface area is 317 Å². The Balaban J connectivity index is -0.000000105. The third-order valence-electron chi connectivity index (χ3n) is 5.58. The molecule has 0 aliphatic carbocycles. The van der Waals surface area contributed by atoms with Crippen LogP contribution in [0.5, 0.6) is 0 Å². The number of anilines is 2. The van der Waals surface area contributed by atoms with Gasteiger partial charge in [0.15, 0.2) is 0 Å². The van der Waals surface area contributed by atoms with Crippen LogP contribution in [0.2, 0.25) is 0 Å². The molecule has 0 saturated heterocycles. The minimum atomic E-state index is 0. The normalized spacial score (nSPS) is 9.07. The molecule has 8 heteroatoms. The molecule has 0 bridgehead atoms. The number of aryl methyl sites for hydroxylation is 2. The first-order chi connectivity index (χ1) is 20.9. The Morgan fingerprint density at radius 1 is 0.543 bits per heavy atom. The molecular formula is C38H68BCr2N2P3+2. The van der Waals surface area contributed by atoms with Crippen molar-refractivity contribution >= 4 is 45.0 Å². The van der Waals surface area contributed by atoms with Gasteiger partial charge in [-0.15, -0.1) is 37.9 Å². The first-order valence-electron chi connectivity index (χ1n) is 15.7. The van der Waals surface area contributed by atoms with E-state index in [1.54, 1.807) is 0 Å². The van der Waals surface area contributed by atoms with Gasteiger partial charge in [0, 0.05) is 0 Å². The van der Waals surface area contributed by atoms with E-state index in [2.05, 4.69) is 122 Å². The van der Waals surface area contributed by atoms with E-state index in [1.165, 1.54) is 47.7 Å². The Morgan fingerprint density at radius 3 is 0.913 bits per heavy atom. The average molecular weight is 761 g/mol. The van der Waals surface area contributed by atoms with Crippen LogP contribution in [0.3, 0.4) is 0 Å². The SMILES string of the molecule is CCCC.CCPC.CCPC.Cc1ccc(C)cc1.[B]CPC.[CH2-]c1ccccc1N(C)C.[CH2-]c1ccccc1N(C)C.[Cr+2].[Cr+2]. The number of nitrogens with zero attached hydrogens (tertiary/aromatic N) is 2. The third-order valence-corrected chi connectivity index (χ3v) is 7.40. The number of unbranched alkanes of at least 4 members (excludes halogenated alkanes) is 1. The summed E-state index contributed by atoms with van der Waals surface area (Å²) in [5.74, 6) is 0. The van der Waals surface area contributed by atoms with Crippen LogP contribution in [0.15, 0.2) is 72.8 Å². The van der Waals surface area contributed by atoms with Crippen molar-refractivity contribution in [2.75, 3.05) is 76.4 Å². The smallest absolute Gasteiger partial charge is 0.428 e. The van der Waals surface area contributed by atoms with Crippen LogP contribution in [0.25, 0.3) is 0 Å². The molecule has 3 aromatic carbocycles. The zero-order chi connectivity index (χ0) is 34.8. The van der Waals surface area contributed by atoms with Gasteiger partial charge >= 0.3 is 34.7 Å². The van der Waals surface area contributed by atoms with Gasteiger partial charge in [0.25, 0.3) is 0 Å². The maximum atomic E-state index is 5.04. The molecule has 2 nitrogen and oxygen atoms in total. The van der Waals surface area contributed by atoms with Gasteiger partial charge in [-0.05, 0) is 74.4 Å². The standard InChI is InChI=1S/2C9H12N.C8H10.C4H10.2C3H9P.C2H6BP.2Cr/c2*1-8-6-4-5-7-9(8)10(2)3;1-7-3-5-8(2)6-4-7;3*1-3-4-2;1-4-2-3;;/h2*4-7H,1H2,2-3H3;3-6H,1-2H3;3-4H2,1-2H3;2*4H,3H2,1-2H3;4H,2H2,1H3;;/q2*-1;;;;;;2*+2. The minimum absolute atomic E-state index is 0. The molecule has 0 aromatic heterocycles. The van der Waals surface area contributed by atoms with E-state index in [9.17, 15) is 0 Å². The van der Waals surface area contributed by atoms with E-state index < -0.39 is 0 Å². The maximum Gasteiger partial charge on any atom is 2.00 e. The van der Waals surface area contributed by atoms with Crippen LogP contribution in [0, 0.1) is 27.7 Å². The molecule has 0 spiro atoms. The van der Waals surface area contributed by atoms with E-state index in [-0.39, 0.29) is 34.7 Å². The molecule has 46 heavy (non-hydrogen) atoms. The molecule has 3 unspecified atom stereocenters. The van der Waals surface area contributed by atoms with Gasteiger partial charge in [0.05, 0.1) is 7.85 Å². The van der Waals surface area contributed by atoms with Crippen LogP contribution in [-0.4, -0.2) is 74.4 Å². The Bertz CT molecular complexity index is 882. The van der Waals surface area contributed by atoms with Gasteiger partial charge in [0.1, 0.15) is 0 Å². The van der Waals surface area contributed by atoms with E-state index in [1.807, 2.05) is 64.6 Å². The molecule has 3 rings (SSSR count). The summed E-state index contributed by atoms with van der Waals surface area (Å²) in [6, 6.07) is 25.5. The second-order valence-electron chi connectivity index (χ2n) is 10.2. The van der Waals surface area contributed by atoms with Crippen LogP contribution >= 0.6 is 25.7 Å². The Kier molecular flexibility index (Phi) is 55.7. The molecule has 0 heterocycles. The van der Waals surface area contributed by atoms with Crippen molar-refractivity contribution in [2.24, 2.45) is 0 Å². The van der Waals surface area contributed by atoms with Crippen molar-refractivity contribution in [3.05, 3.63) is 109 Å². The fourth-order valence-electron chi connectivity index (χ4n) is 2.53. The van der Waals surface area contributed by atoms with Crippen molar-refractivity contribution in [1.82, 2.24) is 0 Å². The number of hydrogen-bond acceptors (Lipinski definition) is 2. The Morgan fingerprint density at radius 2 is 0.783 bits per heavy atom. The fraction of sp³-hybridized carbons (Fsp3) is 0.474. The van der Waals surface area contributed by atoms with Gasteiger partial charge in [-0.25, -0.2) is 0 Å². The average Bonchev–Trinajstić information content (AvgIpc) is 3.03. The summed E-state index contributed by atoms with van der Waals surface area (Å²) >= 11 is 0. The van der Waals surface area contributed by atoms with Crippen LogP contribution in [0.1, 0.15) is 62.8 Å². The molecule has 3 aromatic rings. The van der Waals surface area contributed by atoms with Crippen molar-refractivity contribution in [2.45, 2.75) is 54.4 Å². The molecule has 0 aliphatic heterocycles. The molecular weight excluding hydrogens is 692 g/mol. The van der Waals surface area contributed by atoms with E-state index in [0.29, 0.717) is 0 Å². The van der Waals surface area contributed by atoms with Crippen molar-refractivity contribution in [1.29, 1.82) is 0 Å². The number of para-hydroxylation sites is 2. The van der Waals surface area contributed by atoms with E-state index in [0.717, 1.165) is 42.9 Å². The van der Waals surface area contributed by atoms with Gasteiger partial charge in [0.2, 0.25) is 0 Å². The molecule has 0 aliphatic rings. The van der Waals surface area contributed by atoms with Crippen molar-refractivity contribution < 1.29 is 34.7 Å². The summed E-state index contributed by atoms with van der Waals surface area (Å²) in [7, 11) is 16.3. The summed E-state index contributed by atoms with van der Waals surface area (Å²) in [5, 5.41) is 0. The van der Waals surface area contributed by atoms with Crippen molar-refractivity contribution in [3.63, 3.8) is 0 Å². The second kappa shape index (κ2) is 44.4. The van der Waals surface area contributed by atoms with Crippen LogP contribution in [0.4, 0.5) is 11.4 Å². The Hall–Kier alpha value is -0.580. The first kappa shape index (κ1) is 57.7. The summed E-state index contributed by atoms with van der Waals surface area (Å²) < 4.78 is 0. The van der Waals surface area contributed by atoms with Gasteiger partial charge in [-0.2, -0.15) is 37.1 Å². The summed E-state index contributed by atoms with van der Waals surface area (Å²) in [6.45, 7) is 27.2. The largest absolute Gasteiger partial charge is 2.00 e. The molecule has 2 radical (unpaired) electrons. The monoisotopic (exact) mass is 760 g/mol. The molecule has 0 saturated carbocycles. The van der Waals surface area contributed by atoms with Crippen molar-refractivity contribution in [3.8, 4) is 0 Å². The first-order valence-corrected chi connectivity index (χ1v) is 20.8. The minimum Gasteiger partial charge on any atom is -0.428 e. The number of rotatable bonds is 6. The number of benzene rings is 3. The molecule has 0 N–H and O–H groups in total. The third kappa shape index (κ3) is 41.4. The fourth-order valence-corrected chi connectivity index (χ4v) is 2.53. The second-order valence-corrected chi connectivity index (χ2v) is 14.1. The summed E-state index contributed by atoms with van der Waals surface area (Å²) in [4.78, 5) is 4.12. The van der Waals surface area contributed by atoms with Crippen LogP contribution < -0.4 is 9.80 Å². The summed E-state index contributed by atoms with van der Waals surface area (Å²) in [6.07, 6.45) is 5.33. The molecule has 3 atom stereocenters. The zero-order valence-electron chi connectivity index (χ0n) is 31.7.